The number of nitrogens with zero attached hydrogens (tertiary/aromatic N) is 2. The van der Waals surface area contributed by atoms with Crippen LogP contribution >= 0.6 is 0 Å². The van der Waals surface area contributed by atoms with E-state index in [0.29, 0.717) is 35.5 Å². The van der Waals surface area contributed by atoms with Crippen LogP contribution in [0.2, 0.25) is 0 Å². The van der Waals surface area contributed by atoms with Gasteiger partial charge < -0.3 is 15.2 Å². The lowest BCUT2D eigenvalue weighted by atomic mass is 9.79. The molecule has 3 aromatic rings. The summed E-state index contributed by atoms with van der Waals surface area (Å²) in [6, 6.07) is 11.0. The Balaban J connectivity index is 1.89. The number of nitrogens with one attached hydrogen (secondary N) is 2. The maximum absolute atomic E-state index is 14.6. The summed E-state index contributed by atoms with van der Waals surface area (Å²) in [5.41, 5.74) is 0.780. The van der Waals surface area contributed by atoms with E-state index in [1.807, 2.05) is 0 Å². The number of carbonyl (C=O) groups excluding carboxylic acids is 2. The van der Waals surface area contributed by atoms with E-state index in [2.05, 4.69) is 15.3 Å². The molecule has 31 heavy (non-hydrogen) atoms. The topological polar surface area (TPSA) is 95.2 Å². The van der Waals surface area contributed by atoms with Crippen molar-refractivity contribution in [3.05, 3.63) is 93.4 Å². The van der Waals surface area contributed by atoms with E-state index < -0.39 is 17.3 Å². The molecule has 8 heteroatoms. The van der Waals surface area contributed by atoms with Crippen LogP contribution in [0.5, 0.6) is 0 Å². The second-order valence-electron chi connectivity index (χ2n) is 7.56. The third-order valence-electron chi connectivity index (χ3n) is 5.61. The van der Waals surface area contributed by atoms with Gasteiger partial charge in [-0.2, -0.15) is 0 Å². The summed E-state index contributed by atoms with van der Waals surface area (Å²) in [5, 5.41) is 3.02. The van der Waals surface area contributed by atoms with Gasteiger partial charge in [0.15, 0.2) is 0 Å². The summed E-state index contributed by atoms with van der Waals surface area (Å²) in [6.07, 6.45) is 3.20. The van der Waals surface area contributed by atoms with Gasteiger partial charge in [-0.3, -0.25) is 19.4 Å². The van der Waals surface area contributed by atoms with E-state index in [1.54, 1.807) is 42.3 Å². The molecule has 0 radical (unpaired) electrons. The van der Waals surface area contributed by atoms with E-state index in [0.717, 1.165) is 0 Å². The quantitative estimate of drug-likeness (QED) is 0.681. The summed E-state index contributed by atoms with van der Waals surface area (Å²) >= 11 is 0. The first kappa shape index (κ1) is 20.5. The van der Waals surface area contributed by atoms with Crippen LogP contribution in [0.25, 0.3) is 0 Å². The number of halogens is 1. The highest BCUT2D eigenvalue weighted by Crippen LogP contribution is 2.42. The average Bonchev–Trinajstić information content (AvgIpc) is 2.76. The smallest absolute Gasteiger partial charge is 0.253 e. The Labute approximate surface area is 177 Å². The molecule has 1 atom stereocenters. The van der Waals surface area contributed by atoms with Crippen LogP contribution in [-0.2, 0) is 10.3 Å². The Morgan fingerprint density at radius 3 is 2.71 bits per heavy atom. The highest BCUT2D eigenvalue weighted by molar-refractivity contribution is 5.96. The van der Waals surface area contributed by atoms with Gasteiger partial charge in [0.05, 0.1) is 16.9 Å². The summed E-state index contributed by atoms with van der Waals surface area (Å²) < 4.78 is 14.6. The minimum absolute atomic E-state index is 0.148. The lowest BCUT2D eigenvalue weighted by Gasteiger charge is -2.43. The zero-order valence-electron chi connectivity index (χ0n) is 17.1. The molecule has 0 bridgehead atoms. The van der Waals surface area contributed by atoms with Crippen LogP contribution < -0.4 is 15.8 Å². The van der Waals surface area contributed by atoms with Crippen molar-refractivity contribution in [1.82, 2.24) is 15.3 Å². The summed E-state index contributed by atoms with van der Waals surface area (Å²) in [5.74, 6) is -1.00. The average molecular weight is 420 g/mol. The predicted molar refractivity (Wildman–Crippen MR) is 113 cm³/mol. The van der Waals surface area contributed by atoms with Gasteiger partial charge in [-0.1, -0.05) is 12.1 Å². The highest BCUT2D eigenvalue weighted by Gasteiger charge is 2.44. The number of hydrogen-bond donors (Lipinski definition) is 2. The molecule has 0 saturated heterocycles. The van der Waals surface area contributed by atoms with Gasteiger partial charge >= 0.3 is 0 Å². The third-order valence-corrected chi connectivity index (χ3v) is 5.61. The van der Waals surface area contributed by atoms with E-state index in [-0.39, 0.29) is 17.0 Å². The van der Waals surface area contributed by atoms with Gasteiger partial charge in [0.25, 0.3) is 5.91 Å². The van der Waals surface area contributed by atoms with Gasteiger partial charge in [0.1, 0.15) is 11.4 Å². The van der Waals surface area contributed by atoms with Crippen LogP contribution in [0.1, 0.15) is 40.5 Å². The Morgan fingerprint density at radius 1 is 1.23 bits per heavy atom. The summed E-state index contributed by atoms with van der Waals surface area (Å²) in [4.78, 5) is 45.3. The lowest BCUT2D eigenvalue weighted by molar-refractivity contribution is -0.116. The molecule has 0 unspecified atom stereocenters. The molecule has 0 fully saturated rings. The summed E-state index contributed by atoms with van der Waals surface area (Å²) in [6.45, 7) is 3.44. The molecule has 0 spiro atoms. The number of amides is 2. The van der Waals surface area contributed by atoms with Crippen molar-refractivity contribution in [3.63, 3.8) is 0 Å². The Kier molecular flexibility index (Phi) is 5.14. The maximum Gasteiger partial charge on any atom is 0.253 e. The Hall–Kier alpha value is -3.81. The molecule has 158 valence electrons. The fourth-order valence-electron chi connectivity index (χ4n) is 3.94. The molecule has 2 aromatic heterocycles. The van der Waals surface area contributed by atoms with E-state index >= 15 is 0 Å². The largest absolute Gasteiger partial charge is 0.337 e. The SMILES string of the molecule is CC(=O)N1CC[C@](NC(=O)c2ccc(=O)[nH]c2)(c2ccc(C)c(F)c2)c2ncccc21. The molecule has 4 rings (SSSR count). The van der Waals surface area contributed by atoms with Crippen LogP contribution in [0.15, 0.2) is 59.7 Å². The number of anilines is 1. The van der Waals surface area contributed by atoms with E-state index in [9.17, 15) is 18.8 Å². The number of fused-ring (bicyclic) bond motifs is 1. The zero-order chi connectivity index (χ0) is 22.2. The molecule has 1 aromatic carbocycles. The van der Waals surface area contributed by atoms with Crippen molar-refractivity contribution >= 4 is 17.5 Å². The molecule has 7 nitrogen and oxygen atoms in total. The summed E-state index contributed by atoms with van der Waals surface area (Å²) in [7, 11) is 0. The second-order valence-corrected chi connectivity index (χ2v) is 7.56. The molecular weight excluding hydrogens is 399 g/mol. The van der Waals surface area contributed by atoms with Crippen molar-refractivity contribution in [2.45, 2.75) is 25.8 Å². The van der Waals surface area contributed by atoms with E-state index in [1.165, 1.54) is 31.3 Å². The minimum atomic E-state index is -1.16. The number of pyridine rings is 2. The Bertz CT molecular complexity index is 1220. The number of aromatic nitrogens is 2. The first-order chi connectivity index (χ1) is 14.8. The molecule has 2 N–H and O–H groups in total. The Morgan fingerprint density at radius 2 is 2.03 bits per heavy atom. The first-order valence-corrected chi connectivity index (χ1v) is 9.83. The molecule has 1 aliphatic rings. The number of H-pyrrole nitrogens is 1. The highest BCUT2D eigenvalue weighted by atomic mass is 19.1. The normalized spacial score (nSPS) is 17.7. The standard InChI is InChI=1S/C23H21FN4O3/c1-14-5-7-17(12-18(14)24)23(27-22(31)16-6-8-20(30)26-13-16)9-11-28(15(2)29)19-4-3-10-25-21(19)23/h3-8,10,12-13H,9,11H2,1-2H3,(H,26,30)(H,27,31)/t23-/m0/s1. The van der Waals surface area contributed by atoms with Gasteiger partial charge in [0, 0.05) is 31.9 Å². The predicted octanol–water partition coefficient (Wildman–Crippen LogP) is 2.65. The molecule has 3 heterocycles. The van der Waals surface area contributed by atoms with Crippen LogP contribution in [-0.4, -0.2) is 28.3 Å². The monoisotopic (exact) mass is 420 g/mol. The molecule has 0 aliphatic carbocycles. The van der Waals surface area contributed by atoms with Gasteiger partial charge in [0.2, 0.25) is 11.5 Å². The molecule has 0 saturated carbocycles. The molecular formula is C23H21FN4O3. The number of carbonyl (C=O) groups is 2. The van der Waals surface area contributed by atoms with Gasteiger partial charge in [-0.25, -0.2) is 4.39 Å². The maximum atomic E-state index is 14.6. The van der Waals surface area contributed by atoms with Crippen molar-refractivity contribution in [2.24, 2.45) is 0 Å². The molecule has 2 amide bonds. The van der Waals surface area contributed by atoms with Crippen molar-refractivity contribution < 1.29 is 14.0 Å². The van der Waals surface area contributed by atoms with E-state index in [4.69, 9.17) is 0 Å². The first-order valence-electron chi connectivity index (χ1n) is 9.83. The van der Waals surface area contributed by atoms with Crippen LogP contribution in [0.3, 0.4) is 0 Å². The van der Waals surface area contributed by atoms with Gasteiger partial charge in [-0.15, -0.1) is 0 Å². The van der Waals surface area contributed by atoms with Crippen molar-refractivity contribution in [3.8, 4) is 0 Å². The van der Waals surface area contributed by atoms with Crippen molar-refractivity contribution in [1.29, 1.82) is 0 Å². The second kappa shape index (κ2) is 7.79. The lowest BCUT2D eigenvalue weighted by Crippen LogP contribution is -2.53. The van der Waals surface area contributed by atoms with Gasteiger partial charge in [-0.05, 0) is 48.7 Å². The fourth-order valence-corrected chi connectivity index (χ4v) is 3.94. The number of benzene rings is 1. The number of aromatic amines is 1. The fraction of sp³-hybridized carbons (Fsp3) is 0.217. The van der Waals surface area contributed by atoms with Crippen LogP contribution in [0, 0.1) is 12.7 Å². The van der Waals surface area contributed by atoms with Crippen LogP contribution in [0.4, 0.5) is 10.1 Å². The zero-order valence-corrected chi connectivity index (χ0v) is 17.1. The number of rotatable bonds is 3. The van der Waals surface area contributed by atoms with Crippen molar-refractivity contribution in [2.75, 3.05) is 11.4 Å². The number of hydrogen-bond acceptors (Lipinski definition) is 4. The third kappa shape index (κ3) is 3.61. The minimum Gasteiger partial charge on any atom is -0.337 e. The molecule has 1 aliphatic heterocycles. The number of aryl methyl sites for hydroxylation is 1.